The first kappa shape index (κ1) is 24.0. The molecule has 7 nitrogen and oxygen atoms in total. The Kier molecular flexibility index (Phi) is 6.55. The second kappa shape index (κ2) is 9.27. The highest BCUT2D eigenvalue weighted by molar-refractivity contribution is 7.89. The van der Waals surface area contributed by atoms with Crippen molar-refractivity contribution in [2.45, 2.75) is 50.0 Å². The molecule has 2 aromatic rings. The summed E-state index contributed by atoms with van der Waals surface area (Å²) in [7, 11) is -3.62. The van der Waals surface area contributed by atoms with Gasteiger partial charge in [0.1, 0.15) is 0 Å². The Hall–Kier alpha value is -3.10. The van der Waals surface area contributed by atoms with Crippen LogP contribution in [0.4, 0.5) is 0 Å². The number of allylic oxidation sites excluding steroid dienone is 1. The van der Waals surface area contributed by atoms with E-state index in [0.29, 0.717) is 42.6 Å². The molecule has 0 saturated heterocycles. The molecule has 1 saturated carbocycles. The number of hydrogen-bond donors (Lipinski definition) is 0. The van der Waals surface area contributed by atoms with Gasteiger partial charge in [-0.25, -0.2) is 8.42 Å². The van der Waals surface area contributed by atoms with E-state index in [4.69, 9.17) is 0 Å². The van der Waals surface area contributed by atoms with Gasteiger partial charge in [-0.05, 0) is 68.2 Å². The summed E-state index contributed by atoms with van der Waals surface area (Å²) in [6, 6.07) is 12.6. The second-order valence-electron chi connectivity index (χ2n) is 8.72. The normalized spacial score (nSPS) is 17.0. The van der Waals surface area contributed by atoms with E-state index in [2.05, 4.69) is 0 Å². The predicted octanol–water partition coefficient (Wildman–Crippen LogP) is 4.07. The number of amides is 2. The molecule has 34 heavy (non-hydrogen) atoms. The molecule has 0 radical (unpaired) electrons. The molecule has 2 amide bonds. The summed E-state index contributed by atoms with van der Waals surface area (Å²) in [6.07, 6.45) is 5.64. The highest BCUT2D eigenvalue weighted by Crippen LogP contribution is 2.46. The van der Waals surface area contributed by atoms with Gasteiger partial charge in [-0.1, -0.05) is 32.1 Å². The van der Waals surface area contributed by atoms with Crippen molar-refractivity contribution < 1.29 is 22.8 Å². The van der Waals surface area contributed by atoms with E-state index in [0.717, 1.165) is 12.8 Å². The molecule has 0 bridgehead atoms. The first-order valence-corrected chi connectivity index (χ1v) is 13.0. The summed E-state index contributed by atoms with van der Waals surface area (Å²) >= 11 is 0. The van der Waals surface area contributed by atoms with Crippen LogP contribution in [0.2, 0.25) is 0 Å². The van der Waals surface area contributed by atoms with Gasteiger partial charge in [0.15, 0.2) is 5.78 Å². The quantitative estimate of drug-likeness (QED) is 0.290. The molecule has 8 heteroatoms. The minimum Gasteiger partial charge on any atom is -0.289 e. The number of benzene rings is 2. The Morgan fingerprint density at radius 3 is 1.94 bits per heavy atom. The van der Waals surface area contributed by atoms with Gasteiger partial charge < -0.3 is 0 Å². The van der Waals surface area contributed by atoms with Crippen molar-refractivity contribution in [3.63, 3.8) is 0 Å². The van der Waals surface area contributed by atoms with Crippen LogP contribution in [0.1, 0.15) is 70.6 Å². The van der Waals surface area contributed by atoms with E-state index < -0.39 is 15.6 Å². The third-order valence-corrected chi connectivity index (χ3v) is 8.18. The number of carbonyl (C=O) groups is 3. The van der Waals surface area contributed by atoms with Crippen molar-refractivity contribution in [2.24, 2.45) is 0 Å². The monoisotopic (exact) mass is 480 g/mol. The molecule has 0 N–H and O–H groups in total. The van der Waals surface area contributed by atoms with E-state index in [1.807, 2.05) is 13.8 Å². The Balaban J connectivity index is 1.50. The predicted molar refractivity (Wildman–Crippen MR) is 128 cm³/mol. The van der Waals surface area contributed by atoms with Crippen LogP contribution in [0.25, 0.3) is 0 Å². The maximum Gasteiger partial charge on any atom is 0.262 e. The topological polar surface area (TPSA) is 91.8 Å². The Morgan fingerprint density at radius 2 is 1.47 bits per heavy atom. The summed E-state index contributed by atoms with van der Waals surface area (Å²) < 4.78 is 27.3. The number of sulfonamides is 1. The first-order valence-electron chi connectivity index (χ1n) is 11.6. The van der Waals surface area contributed by atoms with Crippen molar-refractivity contribution in [1.82, 2.24) is 9.21 Å². The van der Waals surface area contributed by atoms with Gasteiger partial charge in [0.2, 0.25) is 10.0 Å². The summed E-state index contributed by atoms with van der Waals surface area (Å²) in [4.78, 5) is 39.8. The Labute approximate surface area is 200 Å². The van der Waals surface area contributed by atoms with E-state index in [1.165, 1.54) is 39.5 Å². The van der Waals surface area contributed by atoms with E-state index in [9.17, 15) is 22.8 Å². The fraction of sp³-hybridized carbons (Fsp3) is 0.346. The zero-order valence-electron chi connectivity index (χ0n) is 19.4. The number of rotatable bonds is 10. The average Bonchev–Trinajstić information content (AvgIpc) is 3.57. The lowest BCUT2D eigenvalue weighted by atomic mass is 10.1. The number of carbonyl (C=O) groups excluding carboxylic acids is 3. The van der Waals surface area contributed by atoms with E-state index >= 15 is 0 Å². The zero-order chi connectivity index (χ0) is 24.5. The summed E-state index contributed by atoms with van der Waals surface area (Å²) in [5.74, 6) is -0.993. The summed E-state index contributed by atoms with van der Waals surface area (Å²) in [5.41, 5.74) is 0.323. The molecule has 2 aliphatic rings. The third-order valence-electron chi connectivity index (χ3n) is 6.27. The van der Waals surface area contributed by atoms with Crippen LogP contribution in [0.15, 0.2) is 65.6 Å². The number of fused-ring (bicyclic) bond motifs is 1. The zero-order valence-corrected chi connectivity index (χ0v) is 20.2. The van der Waals surface area contributed by atoms with Crippen molar-refractivity contribution in [2.75, 3.05) is 13.1 Å². The number of imide groups is 1. The van der Waals surface area contributed by atoms with E-state index in [-0.39, 0.29) is 22.5 Å². The van der Waals surface area contributed by atoms with Crippen LogP contribution in [0.3, 0.4) is 0 Å². The standard InChI is InChI=1S/C26H28N2O5S/c1-3-17-27(18-4-2)34(32,33)20-11-9-19(10-12-20)23(29)13-14-26(15-16-26)28-24(30)21-7-5-6-8-22(21)25(28)31/h5-14H,3-4,15-18H2,1-2H3/b14-13+. The fourth-order valence-corrected chi connectivity index (χ4v) is 5.93. The molecule has 1 aliphatic heterocycles. The van der Waals surface area contributed by atoms with Crippen LogP contribution in [-0.2, 0) is 10.0 Å². The van der Waals surface area contributed by atoms with Crippen molar-refractivity contribution in [1.29, 1.82) is 0 Å². The number of ketones is 1. The molecule has 0 unspecified atom stereocenters. The van der Waals surface area contributed by atoms with Crippen molar-refractivity contribution >= 4 is 27.6 Å². The van der Waals surface area contributed by atoms with Gasteiger partial charge in [-0.3, -0.25) is 19.3 Å². The van der Waals surface area contributed by atoms with Crippen molar-refractivity contribution in [3.05, 3.63) is 77.4 Å². The Morgan fingerprint density at radius 1 is 0.941 bits per heavy atom. The third kappa shape index (κ3) is 4.23. The Bertz CT molecular complexity index is 1220. The highest BCUT2D eigenvalue weighted by Gasteiger charge is 2.54. The maximum atomic E-state index is 12.9. The molecule has 0 spiro atoms. The molecule has 4 rings (SSSR count). The molecular formula is C26H28N2O5S. The van der Waals surface area contributed by atoms with Crippen LogP contribution in [-0.4, -0.2) is 53.8 Å². The molecule has 2 aromatic carbocycles. The largest absolute Gasteiger partial charge is 0.289 e. The fourth-order valence-electron chi connectivity index (χ4n) is 4.30. The van der Waals surface area contributed by atoms with Crippen LogP contribution >= 0.6 is 0 Å². The van der Waals surface area contributed by atoms with Crippen LogP contribution < -0.4 is 0 Å². The van der Waals surface area contributed by atoms with Crippen LogP contribution in [0, 0.1) is 0 Å². The molecule has 1 heterocycles. The average molecular weight is 481 g/mol. The summed E-state index contributed by atoms with van der Waals surface area (Å²) in [6.45, 7) is 4.75. The van der Waals surface area contributed by atoms with Gasteiger partial charge >= 0.3 is 0 Å². The van der Waals surface area contributed by atoms with Gasteiger partial charge in [0.25, 0.3) is 11.8 Å². The number of nitrogens with zero attached hydrogens (tertiary/aromatic N) is 2. The second-order valence-corrected chi connectivity index (χ2v) is 10.7. The summed E-state index contributed by atoms with van der Waals surface area (Å²) in [5, 5.41) is 0. The highest BCUT2D eigenvalue weighted by atomic mass is 32.2. The maximum absolute atomic E-state index is 12.9. The molecule has 0 aromatic heterocycles. The van der Waals surface area contributed by atoms with E-state index in [1.54, 1.807) is 30.3 Å². The molecule has 1 aliphatic carbocycles. The molecular weight excluding hydrogens is 452 g/mol. The number of hydrogen-bond acceptors (Lipinski definition) is 5. The smallest absolute Gasteiger partial charge is 0.262 e. The lowest BCUT2D eigenvalue weighted by Gasteiger charge is -2.22. The minimum absolute atomic E-state index is 0.152. The van der Waals surface area contributed by atoms with Gasteiger partial charge in [0, 0.05) is 18.7 Å². The van der Waals surface area contributed by atoms with Crippen LogP contribution in [0.5, 0.6) is 0 Å². The molecule has 1 fully saturated rings. The SMILES string of the molecule is CCCN(CCC)S(=O)(=O)c1ccc(C(=O)/C=C/C2(N3C(=O)c4ccccc4C3=O)CC2)cc1. The minimum atomic E-state index is -3.62. The molecule has 178 valence electrons. The van der Waals surface area contributed by atoms with Gasteiger partial charge in [-0.15, -0.1) is 0 Å². The first-order chi connectivity index (χ1) is 16.2. The van der Waals surface area contributed by atoms with Gasteiger partial charge in [-0.2, -0.15) is 4.31 Å². The molecule has 0 atom stereocenters. The lowest BCUT2D eigenvalue weighted by molar-refractivity contribution is 0.0596. The van der Waals surface area contributed by atoms with Crippen molar-refractivity contribution in [3.8, 4) is 0 Å². The van der Waals surface area contributed by atoms with Gasteiger partial charge in [0.05, 0.1) is 21.6 Å². The lowest BCUT2D eigenvalue weighted by Crippen LogP contribution is -2.40.